The lowest BCUT2D eigenvalue weighted by atomic mass is 9.68. The standard InChI is InChI=1S/C51H33NS/c1-3-15-36(16-4-1)51(45-23-11-9-20-41(45)42-21-10-12-24-46(42)51)37-29-31-39(32-30-37)52(38-17-5-2-6-18-38)47-25-13-22-43-44-33-28-35-27-26-34-14-7-8-19-40(34)48(35)50(44)53-49(43)47/h1-33H. The summed E-state index contributed by atoms with van der Waals surface area (Å²) in [5.41, 5.74) is 10.8. The van der Waals surface area contributed by atoms with Gasteiger partial charge in [-0.15, -0.1) is 11.3 Å². The third-order valence-corrected chi connectivity index (χ3v) is 12.6. The topological polar surface area (TPSA) is 3.24 Å². The van der Waals surface area contributed by atoms with Crippen LogP contribution in [0.5, 0.6) is 0 Å². The lowest BCUT2D eigenvalue weighted by molar-refractivity contribution is 0.768. The number of nitrogens with zero attached hydrogens (tertiary/aromatic N) is 1. The van der Waals surface area contributed by atoms with E-state index in [2.05, 4.69) is 205 Å². The van der Waals surface area contributed by atoms with Gasteiger partial charge in [0.25, 0.3) is 0 Å². The van der Waals surface area contributed by atoms with E-state index in [1.807, 2.05) is 11.3 Å². The van der Waals surface area contributed by atoms with Crippen LogP contribution in [-0.4, -0.2) is 0 Å². The summed E-state index contributed by atoms with van der Waals surface area (Å²) in [7, 11) is 0. The molecule has 0 fully saturated rings. The van der Waals surface area contributed by atoms with Crippen LogP contribution in [0.3, 0.4) is 0 Å². The van der Waals surface area contributed by atoms with Gasteiger partial charge in [0.1, 0.15) is 0 Å². The largest absolute Gasteiger partial charge is 0.309 e. The maximum absolute atomic E-state index is 2.44. The molecule has 53 heavy (non-hydrogen) atoms. The van der Waals surface area contributed by atoms with E-state index >= 15 is 0 Å². The molecule has 0 saturated carbocycles. The van der Waals surface area contributed by atoms with Crippen molar-refractivity contribution in [2.24, 2.45) is 0 Å². The molecule has 1 aromatic heterocycles. The first-order valence-corrected chi connectivity index (χ1v) is 19.1. The molecular formula is C51H33NS. The lowest BCUT2D eigenvalue weighted by Gasteiger charge is -2.34. The fourth-order valence-electron chi connectivity index (χ4n) is 9.08. The van der Waals surface area contributed by atoms with Crippen molar-refractivity contribution in [2.75, 3.05) is 4.90 Å². The fraction of sp³-hybridized carbons (Fsp3) is 0.0196. The Labute approximate surface area is 312 Å². The number of benzene rings is 9. The third kappa shape index (κ3) is 4.37. The molecule has 1 aliphatic carbocycles. The molecule has 1 aliphatic rings. The molecule has 10 aromatic rings. The van der Waals surface area contributed by atoms with Crippen LogP contribution >= 0.6 is 11.3 Å². The molecule has 0 bridgehead atoms. The van der Waals surface area contributed by atoms with Crippen molar-refractivity contribution in [2.45, 2.75) is 5.41 Å². The van der Waals surface area contributed by atoms with Crippen molar-refractivity contribution in [3.8, 4) is 11.1 Å². The summed E-state index contributed by atoms with van der Waals surface area (Å²) >= 11 is 1.91. The van der Waals surface area contributed by atoms with E-state index in [9.17, 15) is 0 Å². The maximum atomic E-state index is 2.44. The Morgan fingerprint density at radius 2 is 0.906 bits per heavy atom. The molecule has 0 saturated heterocycles. The number of anilines is 3. The normalized spacial score (nSPS) is 13.1. The number of rotatable bonds is 5. The highest BCUT2D eigenvalue weighted by molar-refractivity contribution is 7.27. The average Bonchev–Trinajstić information content (AvgIpc) is 3.77. The van der Waals surface area contributed by atoms with Gasteiger partial charge in [-0.3, -0.25) is 0 Å². The number of hydrogen-bond donors (Lipinski definition) is 0. The zero-order valence-electron chi connectivity index (χ0n) is 28.9. The van der Waals surface area contributed by atoms with E-state index in [0.29, 0.717) is 0 Å². The van der Waals surface area contributed by atoms with Crippen molar-refractivity contribution >= 4 is 70.1 Å². The van der Waals surface area contributed by atoms with Crippen LogP contribution in [0.25, 0.3) is 52.8 Å². The van der Waals surface area contributed by atoms with Gasteiger partial charge in [-0.05, 0) is 79.9 Å². The highest BCUT2D eigenvalue weighted by atomic mass is 32.1. The van der Waals surface area contributed by atoms with E-state index in [1.54, 1.807) is 0 Å². The van der Waals surface area contributed by atoms with E-state index < -0.39 is 5.41 Å². The summed E-state index contributed by atoms with van der Waals surface area (Å²) in [5.74, 6) is 0. The van der Waals surface area contributed by atoms with Crippen LogP contribution in [0.1, 0.15) is 22.3 Å². The number of para-hydroxylation sites is 1. The second-order valence-corrected chi connectivity index (χ2v) is 15.0. The summed E-state index contributed by atoms with van der Waals surface area (Å²) in [6.45, 7) is 0. The minimum atomic E-state index is -0.431. The zero-order valence-corrected chi connectivity index (χ0v) is 29.7. The van der Waals surface area contributed by atoms with Crippen molar-refractivity contribution in [3.05, 3.63) is 222 Å². The van der Waals surface area contributed by atoms with Crippen LogP contribution in [0.4, 0.5) is 17.1 Å². The minimum absolute atomic E-state index is 0.431. The van der Waals surface area contributed by atoms with E-state index in [4.69, 9.17) is 0 Å². The summed E-state index contributed by atoms with van der Waals surface area (Å²) in [6.07, 6.45) is 0. The van der Waals surface area contributed by atoms with E-state index in [-0.39, 0.29) is 0 Å². The molecule has 1 heterocycles. The minimum Gasteiger partial charge on any atom is -0.309 e. The van der Waals surface area contributed by atoms with Crippen LogP contribution in [0.15, 0.2) is 200 Å². The molecule has 9 aromatic carbocycles. The predicted octanol–water partition coefficient (Wildman–Crippen LogP) is 14.2. The fourth-order valence-corrected chi connectivity index (χ4v) is 10.5. The van der Waals surface area contributed by atoms with E-state index in [1.165, 1.54) is 80.8 Å². The molecule has 0 N–H and O–H groups in total. The van der Waals surface area contributed by atoms with Gasteiger partial charge < -0.3 is 4.90 Å². The smallest absolute Gasteiger partial charge is 0.0713 e. The molecule has 248 valence electrons. The maximum Gasteiger partial charge on any atom is 0.0713 e. The summed E-state index contributed by atoms with van der Waals surface area (Å²) < 4.78 is 2.63. The number of fused-ring (bicyclic) bond motifs is 10. The van der Waals surface area contributed by atoms with Crippen LogP contribution in [-0.2, 0) is 5.41 Å². The van der Waals surface area contributed by atoms with Gasteiger partial charge in [-0.25, -0.2) is 0 Å². The number of hydrogen-bond acceptors (Lipinski definition) is 2. The van der Waals surface area contributed by atoms with Crippen molar-refractivity contribution in [1.82, 2.24) is 0 Å². The summed E-state index contributed by atoms with van der Waals surface area (Å²) in [6, 6.07) is 73.8. The SMILES string of the molecule is c1ccc(N(c2ccc(C3(c4ccccc4)c4ccccc4-c4ccccc43)cc2)c2cccc3c2sc2c3ccc3ccc4ccccc4c32)cc1. The highest BCUT2D eigenvalue weighted by Gasteiger charge is 2.45. The molecular weight excluding hydrogens is 659 g/mol. The van der Waals surface area contributed by atoms with Gasteiger partial charge in [-0.1, -0.05) is 170 Å². The Hall–Kier alpha value is -6.48. The average molecular weight is 692 g/mol. The molecule has 11 rings (SSSR count). The lowest BCUT2D eigenvalue weighted by Crippen LogP contribution is -2.28. The Balaban J connectivity index is 1.14. The number of thiophene rings is 1. The van der Waals surface area contributed by atoms with Crippen LogP contribution in [0, 0.1) is 0 Å². The molecule has 0 atom stereocenters. The third-order valence-electron chi connectivity index (χ3n) is 11.3. The Bertz CT molecular complexity index is 2950. The monoisotopic (exact) mass is 691 g/mol. The Morgan fingerprint density at radius 3 is 1.66 bits per heavy atom. The van der Waals surface area contributed by atoms with Crippen LogP contribution < -0.4 is 4.90 Å². The highest BCUT2D eigenvalue weighted by Crippen LogP contribution is 2.56. The van der Waals surface area contributed by atoms with Crippen molar-refractivity contribution < 1.29 is 0 Å². The Morgan fingerprint density at radius 1 is 0.358 bits per heavy atom. The summed E-state index contributed by atoms with van der Waals surface area (Å²) in [5, 5.41) is 7.80. The van der Waals surface area contributed by atoms with Gasteiger partial charge in [0, 0.05) is 32.2 Å². The first-order chi connectivity index (χ1) is 26.3. The molecule has 0 spiro atoms. The predicted molar refractivity (Wildman–Crippen MR) is 226 cm³/mol. The second-order valence-electron chi connectivity index (χ2n) is 14.0. The van der Waals surface area contributed by atoms with Crippen LogP contribution in [0.2, 0.25) is 0 Å². The van der Waals surface area contributed by atoms with Gasteiger partial charge >= 0.3 is 0 Å². The van der Waals surface area contributed by atoms with Gasteiger partial charge in [-0.2, -0.15) is 0 Å². The molecule has 0 unspecified atom stereocenters. The molecule has 0 aliphatic heterocycles. The molecule has 1 nitrogen and oxygen atoms in total. The molecule has 0 amide bonds. The second kappa shape index (κ2) is 11.8. The van der Waals surface area contributed by atoms with E-state index in [0.717, 1.165) is 11.4 Å². The first kappa shape index (κ1) is 30.2. The van der Waals surface area contributed by atoms with Gasteiger partial charge in [0.15, 0.2) is 0 Å². The van der Waals surface area contributed by atoms with Crippen molar-refractivity contribution in [1.29, 1.82) is 0 Å². The molecule has 0 radical (unpaired) electrons. The zero-order chi connectivity index (χ0) is 34.9. The van der Waals surface area contributed by atoms with Gasteiger partial charge in [0.2, 0.25) is 0 Å². The van der Waals surface area contributed by atoms with Crippen molar-refractivity contribution in [3.63, 3.8) is 0 Å². The Kier molecular flexibility index (Phi) is 6.71. The summed E-state index contributed by atoms with van der Waals surface area (Å²) in [4.78, 5) is 2.44. The van der Waals surface area contributed by atoms with Gasteiger partial charge in [0.05, 0.1) is 15.8 Å². The first-order valence-electron chi connectivity index (χ1n) is 18.3. The quantitative estimate of drug-likeness (QED) is 0.162. The molecule has 2 heteroatoms.